The second kappa shape index (κ2) is 11.0. The topological polar surface area (TPSA) is 106 Å². The monoisotopic (exact) mass is 544 g/mol. The average Bonchev–Trinajstić information content (AvgIpc) is 3.54. The Balaban J connectivity index is 1.62. The number of halogens is 1. The van der Waals surface area contributed by atoms with Gasteiger partial charge in [-0.05, 0) is 66.0 Å². The molecule has 4 aromatic rings. The van der Waals surface area contributed by atoms with E-state index in [4.69, 9.17) is 20.2 Å². The van der Waals surface area contributed by atoms with Gasteiger partial charge in [0.2, 0.25) is 5.91 Å². The minimum absolute atomic E-state index is 0.0182. The largest absolute Gasteiger partial charge is 0.467 e. The molecule has 0 fully saturated rings. The summed E-state index contributed by atoms with van der Waals surface area (Å²) >= 11 is 7.51. The van der Waals surface area contributed by atoms with Gasteiger partial charge in [-0.2, -0.15) is 8.42 Å². The van der Waals surface area contributed by atoms with Gasteiger partial charge in [0.25, 0.3) is 5.91 Å². The van der Waals surface area contributed by atoms with Gasteiger partial charge < -0.3 is 18.8 Å². The van der Waals surface area contributed by atoms with Crippen LogP contribution in [0.15, 0.2) is 87.7 Å². The zero-order chi connectivity index (χ0) is 25.7. The number of nitrogens with one attached hydrogen (secondary N) is 1. The predicted octanol–water partition coefficient (Wildman–Crippen LogP) is 5.56. The fourth-order valence-electron chi connectivity index (χ4n) is 3.38. The number of nitrogens with zero attached hydrogens (tertiary/aromatic N) is 1. The Morgan fingerprint density at radius 1 is 1.06 bits per heavy atom. The highest BCUT2D eigenvalue weighted by Gasteiger charge is 2.23. The number of amides is 2. The van der Waals surface area contributed by atoms with Crippen molar-refractivity contribution in [3.63, 3.8) is 0 Å². The van der Waals surface area contributed by atoms with Crippen LogP contribution in [-0.2, 0) is 28.0 Å². The zero-order valence-corrected chi connectivity index (χ0v) is 21.4. The number of thiophene rings is 1. The molecule has 2 amide bonds. The van der Waals surface area contributed by atoms with Gasteiger partial charge in [-0.3, -0.25) is 9.59 Å². The van der Waals surface area contributed by atoms with Crippen molar-refractivity contribution in [3.05, 3.63) is 99.6 Å². The van der Waals surface area contributed by atoms with Crippen LogP contribution >= 0.6 is 22.9 Å². The van der Waals surface area contributed by atoms with Crippen molar-refractivity contribution in [1.29, 1.82) is 0 Å². The Morgan fingerprint density at radius 2 is 1.83 bits per heavy atom. The molecule has 0 atom stereocenters. The van der Waals surface area contributed by atoms with E-state index < -0.39 is 10.1 Å². The van der Waals surface area contributed by atoms with Crippen molar-refractivity contribution in [1.82, 2.24) is 4.90 Å². The first-order chi connectivity index (χ1) is 17.2. The Kier molecular flexibility index (Phi) is 7.78. The second-order valence-electron chi connectivity index (χ2n) is 7.71. The molecule has 2 heterocycles. The minimum Gasteiger partial charge on any atom is -0.467 e. The van der Waals surface area contributed by atoms with Crippen LogP contribution in [0.1, 0.15) is 27.9 Å². The summed E-state index contributed by atoms with van der Waals surface area (Å²) in [6, 6.07) is 17.1. The van der Waals surface area contributed by atoms with E-state index in [9.17, 15) is 18.0 Å². The molecule has 11 heteroatoms. The van der Waals surface area contributed by atoms with Crippen molar-refractivity contribution in [2.45, 2.75) is 24.9 Å². The normalized spacial score (nSPS) is 11.2. The number of carbonyl (C=O) groups is 2. The van der Waals surface area contributed by atoms with Crippen molar-refractivity contribution >= 4 is 50.6 Å². The summed E-state index contributed by atoms with van der Waals surface area (Å²) in [7, 11) is -4.22. The summed E-state index contributed by atoms with van der Waals surface area (Å²) in [6.45, 7) is 1.53. The number of carbonyl (C=O) groups excluding carboxylic acids is 2. The van der Waals surface area contributed by atoms with E-state index in [1.807, 2.05) is 0 Å². The van der Waals surface area contributed by atoms with Crippen LogP contribution in [0.2, 0.25) is 5.02 Å². The van der Waals surface area contributed by atoms with Crippen molar-refractivity contribution < 1.29 is 26.6 Å². The third-order valence-electron chi connectivity index (χ3n) is 4.99. The Morgan fingerprint density at radius 3 is 2.47 bits per heavy atom. The van der Waals surface area contributed by atoms with Gasteiger partial charge in [-0.25, -0.2) is 0 Å². The first kappa shape index (κ1) is 25.5. The van der Waals surface area contributed by atoms with Gasteiger partial charge >= 0.3 is 10.1 Å². The van der Waals surface area contributed by atoms with Crippen LogP contribution in [0.4, 0.5) is 5.69 Å². The van der Waals surface area contributed by atoms with Crippen molar-refractivity contribution in [2.24, 2.45) is 0 Å². The SMILES string of the molecule is CC(=O)Nc1ccc(S(=O)(=O)Oc2ccc(Cl)cc2CN(Cc2ccco2)C(=O)c2cccs2)cc1. The first-order valence-electron chi connectivity index (χ1n) is 10.7. The second-order valence-corrected chi connectivity index (χ2v) is 10.6. The van der Waals surface area contributed by atoms with Crippen LogP contribution in [0.3, 0.4) is 0 Å². The molecule has 0 aliphatic carbocycles. The van der Waals surface area contributed by atoms with E-state index in [0.29, 0.717) is 26.9 Å². The lowest BCUT2D eigenvalue weighted by molar-refractivity contribution is -0.114. The fraction of sp³-hybridized carbons (Fsp3) is 0.120. The third kappa shape index (κ3) is 6.34. The van der Waals surface area contributed by atoms with Crippen LogP contribution < -0.4 is 9.50 Å². The summed E-state index contributed by atoms with van der Waals surface area (Å²) in [6.07, 6.45) is 1.51. The highest BCUT2D eigenvalue weighted by atomic mass is 35.5. The van der Waals surface area contributed by atoms with Gasteiger partial charge in [-0.15, -0.1) is 11.3 Å². The molecule has 0 spiro atoms. The van der Waals surface area contributed by atoms with E-state index in [1.54, 1.807) is 35.7 Å². The molecular weight excluding hydrogens is 524 g/mol. The molecule has 0 radical (unpaired) electrons. The summed E-state index contributed by atoms with van der Waals surface area (Å²) in [4.78, 5) is 26.4. The van der Waals surface area contributed by atoms with E-state index in [2.05, 4.69) is 5.32 Å². The number of rotatable bonds is 9. The number of benzene rings is 2. The molecule has 0 aliphatic heterocycles. The third-order valence-corrected chi connectivity index (χ3v) is 7.33. The van der Waals surface area contributed by atoms with Crippen LogP contribution in [0, 0.1) is 0 Å². The van der Waals surface area contributed by atoms with Gasteiger partial charge in [-0.1, -0.05) is 17.7 Å². The summed E-state index contributed by atoms with van der Waals surface area (Å²) in [5, 5.41) is 4.74. The minimum atomic E-state index is -4.22. The lowest BCUT2D eigenvalue weighted by atomic mass is 10.1. The summed E-state index contributed by atoms with van der Waals surface area (Å²) < 4.78 is 36.9. The molecule has 186 valence electrons. The van der Waals surface area contributed by atoms with E-state index in [0.717, 1.165) is 0 Å². The Labute approximate surface area is 217 Å². The molecule has 1 N–H and O–H groups in total. The van der Waals surface area contributed by atoms with E-state index in [-0.39, 0.29) is 35.5 Å². The number of hydrogen-bond donors (Lipinski definition) is 1. The van der Waals surface area contributed by atoms with Crippen molar-refractivity contribution in [3.8, 4) is 5.75 Å². The molecule has 36 heavy (non-hydrogen) atoms. The molecule has 0 saturated heterocycles. The van der Waals surface area contributed by atoms with Gasteiger partial charge in [0, 0.05) is 23.2 Å². The highest BCUT2D eigenvalue weighted by molar-refractivity contribution is 7.87. The number of anilines is 1. The molecule has 0 bridgehead atoms. The lowest BCUT2D eigenvalue weighted by Gasteiger charge is -2.23. The van der Waals surface area contributed by atoms with E-state index >= 15 is 0 Å². The van der Waals surface area contributed by atoms with Crippen LogP contribution in [0.25, 0.3) is 0 Å². The maximum atomic E-state index is 13.2. The Bertz CT molecular complexity index is 1450. The first-order valence-corrected chi connectivity index (χ1v) is 13.3. The molecule has 4 rings (SSSR count). The molecule has 0 unspecified atom stereocenters. The molecule has 8 nitrogen and oxygen atoms in total. The summed E-state index contributed by atoms with van der Waals surface area (Å²) in [5.74, 6) is 0.0812. The van der Waals surface area contributed by atoms with Crippen LogP contribution in [-0.4, -0.2) is 25.1 Å². The molecular formula is C25H21ClN2O6S2. The quantitative estimate of drug-likeness (QED) is 0.276. The van der Waals surface area contributed by atoms with Crippen LogP contribution in [0.5, 0.6) is 5.75 Å². The molecule has 0 saturated carbocycles. The number of hydrogen-bond acceptors (Lipinski definition) is 7. The van der Waals surface area contributed by atoms with Gasteiger partial charge in [0.05, 0.1) is 24.2 Å². The number of furan rings is 1. The van der Waals surface area contributed by atoms with Crippen molar-refractivity contribution in [2.75, 3.05) is 5.32 Å². The predicted molar refractivity (Wildman–Crippen MR) is 137 cm³/mol. The average molecular weight is 545 g/mol. The van der Waals surface area contributed by atoms with Gasteiger partial charge in [0.15, 0.2) is 0 Å². The fourth-order valence-corrected chi connectivity index (χ4v) is 5.23. The molecule has 0 aliphatic rings. The molecule has 2 aromatic carbocycles. The standard InChI is InChI=1S/C25H21ClN2O6S2/c1-17(29)27-20-7-9-22(10-8-20)36(31,32)34-23-11-6-19(26)14-18(23)15-28(16-21-4-2-12-33-21)25(30)24-5-3-13-35-24/h2-14H,15-16H2,1H3,(H,27,29). The lowest BCUT2D eigenvalue weighted by Crippen LogP contribution is -2.29. The Hall–Kier alpha value is -3.60. The zero-order valence-electron chi connectivity index (χ0n) is 19.0. The van der Waals surface area contributed by atoms with E-state index in [1.165, 1.54) is 65.8 Å². The summed E-state index contributed by atoms with van der Waals surface area (Å²) in [5.41, 5.74) is 0.853. The maximum absolute atomic E-state index is 13.2. The maximum Gasteiger partial charge on any atom is 0.339 e. The highest BCUT2D eigenvalue weighted by Crippen LogP contribution is 2.29. The molecule has 2 aromatic heterocycles. The smallest absolute Gasteiger partial charge is 0.339 e. The van der Waals surface area contributed by atoms with Gasteiger partial charge in [0.1, 0.15) is 16.4 Å².